The zero-order valence-electron chi connectivity index (χ0n) is 12.7. The highest BCUT2D eigenvalue weighted by molar-refractivity contribution is 4.84. The van der Waals surface area contributed by atoms with Gasteiger partial charge in [0.1, 0.15) is 6.10 Å². The van der Waals surface area contributed by atoms with Gasteiger partial charge in [0.05, 0.1) is 50.8 Å². The molecule has 4 unspecified atom stereocenters. The molecule has 126 valence electrons. The summed E-state index contributed by atoms with van der Waals surface area (Å²) in [4.78, 5) is 0. The van der Waals surface area contributed by atoms with E-state index in [-0.39, 0.29) is 30.8 Å². The molecular formula is C14H28O7. The van der Waals surface area contributed by atoms with Crippen LogP contribution in [0.3, 0.4) is 0 Å². The maximum absolute atomic E-state index is 9.53. The van der Waals surface area contributed by atoms with Gasteiger partial charge in [0.15, 0.2) is 0 Å². The molecule has 0 saturated carbocycles. The van der Waals surface area contributed by atoms with Crippen LogP contribution < -0.4 is 0 Å². The molecule has 2 saturated heterocycles. The molecule has 2 rings (SSSR count). The highest BCUT2D eigenvalue weighted by atomic mass is 16.6. The smallest absolute Gasteiger partial charge is 0.106 e. The minimum atomic E-state index is -1.09. The second-order valence-corrected chi connectivity index (χ2v) is 6.49. The molecule has 0 amide bonds. The van der Waals surface area contributed by atoms with Crippen LogP contribution in [0.15, 0.2) is 0 Å². The van der Waals surface area contributed by atoms with E-state index in [0.29, 0.717) is 26.1 Å². The lowest BCUT2D eigenvalue weighted by Crippen LogP contribution is -2.38. The molecule has 0 bridgehead atoms. The normalized spacial score (nSPS) is 28.1. The van der Waals surface area contributed by atoms with Crippen LogP contribution in [0.25, 0.3) is 0 Å². The average molecular weight is 308 g/mol. The zero-order valence-corrected chi connectivity index (χ0v) is 12.7. The van der Waals surface area contributed by atoms with Gasteiger partial charge in [0, 0.05) is 18.3 Å². The summed E-state index contributed by atoms with van der Waals surface area (Å²) in [6.07, 6.45) is -2.00. The molecule has 0 radical (unpaired) electrons. The number of aliphatic hydroxyl groups excluding tert-OH is 5. The van der Waals surface area contributed by atoms with Gasteiger partial charge >= 0.3 is 0 Å². The van der Waals surface area contributed by atoms with E-state index in [9.17, 15) is 15.3 Å². The summed E-state index contributed by atoms with van der Waals surface area (Å²) < 4.78 is 9.85. The van der Waals surface area contributed by atoms with Gasteiger partial charge in [-0.2, -0.15) is 0 Å². The van der Waals surface area contributed by atoms with Crippen molar-refractivity contribution in [3.63, 3.8) is 0 Å². The third-order valence-corrected chi connectivity index (χ3v) is 3.46. The first kappa shape index (κ1) is 18.8. The Hall–Kier alpha value is -0.280. The Labute approximate surface area is 125 Å². The predicted octanol–water partition coefficient (Wildman–Crippen LogP) is -1.36. The van der Waals surface area contributed by atoms with Crippen molar-refractivity contribution in [1.82, 2.24) is 0 Å². The zero-order chi connectivity index (χ0) is 16.0. The van der Waals surface area contributed by atoms with Crippen molar-refractivity contribution in [2.75, 3.05) is 26.4 Å². The van der Waals surface area contributed by atoms with E-state index in [0.717, 1.165) is 0 Å². The Morgan fingerprint density at radius 2 is 1.24 bits per heavy atom. The number of epoxide rings is 2. The van der Waals surface area contributed by atoms with Crippen molar-refractivity contribution < 1.29 is 35.0 Å². The van der Waals surface area contributed by atoms with Crippen LogP contribution in [-0.4, -0.2) is 82.5 Å². The van der Waals surface area contributed by atoms with E-state index < -0.39 is 18.3 Å². The highest BCUT2D eigenvalue weighted by Gasteiger charge is 2.35. The van der Waals surface area contributed by atoms with Gasteiger partial charge in [0.25, 0.3) is 0 Å². The second-order valence-electron chi connectivity index (χ2n) is 6.49. The molecular weight excluding hydrogens is 280 g/mol. The van der Waals surface area contributed by atoms with E-state index >= 15 is 0 Å². The molecule has 0 aromatic rings. The molecule has 2 aliphatic rings. The first-order chi connectivity index (χ1) is 9.79. The Morgan fingerprint density at radius 1 is 0.905 bits per heavy atom. The number of ether oxygens (including phenoxy) is 2. The van der Waals surface area contributed by atoms with Crippen molar-refractivity contribution in [3.8, 4) is 0 Å². The quantitative estimate of drug-likeness (QED) is 0.351. The second kappa shape index (κ2) is 8.38. The minimum Gasteiger partial charge on any atom is -0.396 e. The van der Waals surface area contributed by atoms with Crippen LogP contribution in [0.5, 0.6) is 0 Å². The van der Waals surface area contributed by atoms with Gasteiger partial charge in [-0.25, -0.2) is 0 Å². The molecule has 0 aromatic carbocycles. The molecule has 0 aromatic heterocycles. The van der Waals surface area contributed by atoms with Crippen LogP contribution in [-0.2, 0) is 9.47 Å². The third-order valence-electron chi connectivity index (χ3n) is 3.46. The molecule has 7 heteroatoms. The van der Waals surface area contributed by atoms with Crippen molar-refractivity contribution >= 4 is 0 Å². The Kier molecular flexibility index (Phi) is 7.49. The van der Waals surface area contributed by atoms with Gasteiger partial charge in [-0.15, -0.1) is 0 Å². The third kappa shape index (κ3) is 8.06. The summed E-state index contributed by atoms with van der Waals surface area (Å²) in [7, 11) is 0. The average Bonchev–Trinajstić information content (AvgIpc) is 3.34. The number of hydrogen-bond acceptors (Lipinski definition) is 7. The molecule has 7 nitrogen and oxygen atoms in total. The van der Waals surface area contributed by atoms with E-state index in [1.165, 1.54) is 0 Å². The summed E-state index contributed by atoms with van der Waals surface area (Å²) in [6.45, 7) is 4.98. The first-order valence-corrected chi connectivity index (χ1v) is 7.28. The predicted molar refractivity (Wildman–Crippen MR) is 74.7 cm³/mol. The monoisotopic (exact) mass is 308 g/mol. The van der Waals surface area contributed by atoms with E-state index in [1.807, 2.05) is 0 Å². The summed E-state index contributed by atoms with van der Waals surface area (Å²) in [5, 5.41) is 45.4. The number of rotatable bonds is 8. The van der Waals surface area contributed by atoms with E-state index in [1.54, 1.807) is 13.8 Å². The topological polar surface area (TPSA) is 126 Å². The van der Waals surface area contributed by atoms with Gasteiger partial charge in [-0.05, 0) is 0 Å². The van der Waals surface area contributed by atoms with Crippen LogP contribution in [0.2, 0.25) is 0 Å². The standard InChI is InChI=1S/C9H16O5.C5H12O2/c10-7(1-5-3-13-5)9(12)8(11)2-6-4-14-6;1-5(2,3-6)4-7/h5-12H,1-4H2;6-7H,3-4H2,1-2H3. The molecule has 2 aliphatic heterocycles. The molecule has 2 heterocycles. The number of hydrogen-bond donors (Lipinski definition) is 5. The largest absolute Gasteiger partial charge is 0.396 e. The summed E-state index contributed by atoms with van der Waals surface area (Å²) in [5.74, 6) is 0. The SMILES string of the molecule is CC(C)(CO)CO.OC(CC1CO1)C(O)C(O)CC1CO1. The summed E-state index contributed by atoms with van der Waals surface area (Å²) in [5.41, 5.74) is -0.306. The molecule has 2 fully saturated rings. The molecule has 4 atom stereocenters. The Bertz CT molecular complexity index is 263. The maximum Gasteiger partial charge on any atom is 0.106 e. The molecule has 5 N–H and O–H groups in total. The Balaban J connectivity index is 0.000000270. The highest BCUT2D eigenvalue weighted by Crippen LogP contribution is 2.22. The molecule has 0 spiro atoms. The fourth-order valence-electron chi connectivity index (χ4n) is 1.53. The van der Waals surface area contributed by atoms with Crippen molar-refractivity contribution in [2.24, 2.45) is 5.41 Å². The minimum absolute atomic E-state index is 0.0451. The fraction of sp³-hybridized carbons (Fsp3) is 1.00. The Morgan fingerprint density at radius 3 is 1.43 bits per heavy atom. The fourth-order valence-corrected chi connectivity index (χ4v) is 1.53. The lowest BCUT2D eigenvalue weighted by Gasteiger charge is -2.21. The van der Waals surface area contributed by atoms with Crippen LogP contribution in [0.4, 0.5) is 0 Å². The number of aliphatic hydroxyl groups is 5. The van der Waals surface area contributed by atoms with Crippen molar-refractivity contribution in [2.45, 2.75) is 57.2 Å². The van der Waals surface area contributed by atoms with E-state index in [2.05, 4.69) is 0 Å². The van der Waals surface area contributed by atoms with Gasteiger partial charge in [-0.1, -0.05) is 13.8 Å². The van der Waals surface area contributed by atoms with Crippen LogP contribution in [0.1, 0.15) is 26.7 Å². The first-order valence-electron chi connectivity index (χ1n) is 7.28. The maximum atomic E-state index is 9.53. The lowest BCUT2D eigenvalue weighted by molar-refractivity contribution is -0.0676. The molecule has 0 aliphatic carbocycles. The van der Waals surface area contributed by atoms with Crippen LogP contribution in [0, 0.1) is 5.41 Å². The van der Waals surface area contributed by atoms with Crippen molar-refractivity contribution in [3.05, 3.63) is 0 Å². The van der Waals surface area contributed by atoms with Crippen molar-refractivity contribution in [1.29, 1.82) is 0 Å². The van der Waals surface area contributed by atoms with Gasteiger partial charge < -0.3 is 35.0 Å². The van der Waals surface area contributed by atoms with Crippen LogP contribution >= 0.6 is 0 Å². The van der Waals surface area contributed by atoms with E-state index in [4.69, 9.17) is 19.7 Å². The summed E-state index contributed by atoms with van der Waals surface area (Å²) >= 11 is 0. The lowest BCUT2D eigenvalue weighted by atomic mass is 9.97. The van der Waals surface area contributed by atoms with Gasteiger partial charge in [0.2, 0.25) is 0 Å². The molecule has 21 heavy (non-hydrogen) atoms. The summed E-state index contributed by atoms with van der Waals surface area (Å²) in [6, 6.07) is 0. The van der Waals surface area contributed by atoms with Gasteiger partial charge in [-0.3, -0.25) is 0 Å².